The number of hydrogen-bond donors (Lipinski definition) is 1. The molecule has 88 valence electrons. The highest BCUT2D eigenvalue weighted by molar-refractivity contribution is 9.10. The highest BCUT2D eigenvalue weighted by Gasteiger charge is 2.29. The molecular weight excluding hydrogens is 284 g/mol. The molecule has 17 heavy (non-hydrogen) atoms. The van der Waals surface area contributed by atoms with Crippen molar-refractivity contribution in [3.63, 3.8) is 0 Å². The molecule has 1 atom stereocenters. The molecule has 1 aromatic rings. The molecule has 1 aliphatic heterocycles. The Morgan fingerprint density at radius 1 is 1.59 bits per heavy atom. The van der Waals surface area contributed by atoms with E-state index in [0.717, 1.165) is 12.8 Å². The number of rotatable bonds is 1. The van der Waals surface area contributed by atoms with Crippen molar-refractivity contribution in [1.29, 1.82) is 5.26 Å². The van der Waals surface area contributed by atoms with Gasteiger partial charge in [-0.25, -0.2) is 0 Å². The van der Waals surface area contributed by atoms with Crippen molar-refractivity contribution < 1.29 is 9.90 Å². The van der Waals surface area contributed by atoms with E-state index in [9.17, 15) is 9.90 Å². The van der Waals surface area contributed by atoms with Crippen LogP contribution in [0.1, 0.15) is 23.2 Å². The maximum atomic E-state index is 12.1. The normalized spacial score (nSPS) is 19.1. The number of carbonyl (C=O) groups excluding carboxylic acids is 1. The fourth-order valence-electron chi connectivity index (χ4n) is 1.96. The largest absolute Gasteiger partial charge is 0.507 e. The van der Waals surface area contributed by atoms with Crippen LogP contribution < -0.4 is 0 Å². The second-order valence-corrected chi connectivity index (χ2v) is 4.81. The van der Waals surface area contributed by atoms with Crippen molar-refractivity contribution in [2.75, 3.05) is 6.54 Å². The lowest BCUT2D eigenvalue weighted by molar-refractivity contribution is 0.0764. The molecule has 1 heterocycles. The van der Waals surface area contributed by atoms with Crippen LogP contribution in [0.4, 0.5) is 0 Å². The number of nitrogens with zero attached hydrogens (tertiary/aromatic N) is 2. The van der Waals surface area contributed by atoms with Crippen molar-refractivity contribution in [2.45, 2.75) is 18.9 Å². The summed E-state index contributed by atoms with van der Waals surface area (Å²) in [5, 5.41) is 18.5. The Hall–Kier alpha value is -1.54. The Morgan fingerprint density at radius 3 is 3.00 bits per heavy atom. The summed E-state index contributed by atoms with van der Waals surface area (Å²) in [4.78, 5) is 13.7. The number of amides is 1. The number of likely N-dealkylation sites (tertiary alicyclic amines) is 1. The van der Waals surface area contributed by atoms with Gasteiger partial charge in [0.05, 0.1) is 10.5 Å². The molecule has 0 bridgehead atoms. The zero-order valence-corrected chi connectivity index (χ0v) is 10.6. The van der Waals surface area contributed by atoms with Crippen LogP contribution in [0, 0.1) is 11.3 Å². The van der Waals surface area contributed by atoms with E-state index in [2.05, 4.69) is 22.0 Å². The number of phenolic OH excluding ortho intramolecular Hbond substituents is 1. The number of carbonyl (C=O) groups is 1. The maximum absolute atomic E-state index is 12.1. The molecule has 1 aliphatic rings. The molecule has 1 saturated heterocycles. The predicted molar refractivity (Wildman–Crippen MR) is 65.5 cm³/mol. The summed E-state index contributed by atoms with van der Waals surface area (Å²) in [6, 6.07) is 6.46. The van der Waals surface area contributed by atoms with Crippen LogP contribution in [0.5, 0.6) is 5.75 Å². The lowest BCUT2D eigenvalue weighted by Gasteiger charge is -2.19. The molecule has 5 heteroatoms. The molecule has 0 radical (unpaired) electrons. The third-order valence-electron chi connectivity index (χ3n) is 2.86. The van der Waals surface area contributed by atoms with Crippen LogP contribution >= 0.6 is 15.9 Å². The van der Waals surface area contributed by atoms with Crippen molar-refractivity contribution in [1.82, 2.24) is 4.90 Å². The molecule has 0 aliphatic carbocycles. The minimum atomic E-state index is -0.340. The third kappa shape index (κ3) is 2.27. The Kier molecular flexibility index (Phi) is 3.34. The van der Waals surface area contributed by atoms with E-state index in [4.69, 9.17) is 5.26 Å². The minimum Gasteiger partial charge on any atom is -0.507 e. The average molecular weight is 295 g/mol. The lowest BCUT2D eigenvalue weighted by Crippen LogP contribution is -2.34. The van der Waals surface area contributed by atoms with Crippen LogP contribution in [-0.4, -0.2) is 28.5 Å². The van der Waals surface area contributed by atoms with E-state index in [1.54, 1.807) is 17.0 Å². The van der Waals surface area contributed by atoms with E-state index in [1.165, 1.54) is 6.07 Å². The molecular formula is C12H11BrN2O2. The average Bonchev–Trinajstić information content (AvgIpc) is 2.80. The first-order chi connectivity index (χ1) is 8.13. The van der Waals surface area contributed by atoms with Gasteiger partial charge in [-0.05, 0) is 47.0 Å². The second kappa shape index (κ2) is 4.76. The topological polar surface area (TPSA) is 64.3 Å². The van der Waals surface area contributed by atoms with E-state index in [-0.39, 0.29) is 17.7 Å². The standard InChI is InChI=1S/C12H11BrN2O2/c13-10-4-3-8(6-11(10)16)12(17)15-5-1-2-9(15)7-14/h3-4,6,9,16H,1-2,5H2. The van der Waals surface area contributed by atoms with Gasteiger partial charge >= 0.3 is 0 Å². The Bertz CT molecular complexity index is 496. The molecule has 0 spiro atoms. The third-order valence-corrected chi connectivity index (χ3v) is 3.53. The zero-order valence-electron chi connectivity index (χ0n) is 9.06. The molecule has 1 fully saturated rings. The Balaban J connectivity index is 2.25. The monoisotopic (exact) mass is 294 g/mol. The molecule has 1 N–H and O–H groups in total. The summed E-state index contributed by atoms with van der Waals surface area (Å²) in [6.45, 7) is 0.605. The van der Waals surface area contributed by atoms with Gasteiger partial charge in [-0.1, -0.05) is 0 Å². The summed E-state index contributed by atoms with van der Waals surface area (Å²) in [5.74, 6) is -0.166. The van der Waals surface area contributed by atoms with Gasteiger partial charge in [-0.15, -0.1) is 0 Å². The van der Waals surface area contributed by atoms with E-state index >= 15 is 0 Å². The van der Waals surface area contributed by atoms with E-state index < -0.39 is 0 Å². The van der Waals surface area contributed by atoms with Crippen LogP contribution in [0.15, 0.2) is 22.7 Å². The number of phenols is 1. The Labute approximate surface area is 108 Å². The highest BCUT2D eigenvalue weighted by Crippen LogP contribution is 2.26. The SMILES string of the molecule is N#CC1CCCN1C(=O)c1ccc(Br)c(O)c1. The smallest absolute Gasteiger partial charge is 0.255 e. The summed E-state index contributed by atoms with van der Waals surface area (Å²) >= 11 is 3.16. The minimum absolute atomic E-state index is 0.0311. The van der Waals surface area contributed by atoms with Gasteiger partial charge in [-0.3, -0.25) is 4.79 Å². The quantitative estimate of drug-likeness (QED) is 0.864. The van der Waals surface area contributed by atoms with Crippen LogP contribution in [-0.2, 0) is 0 Å². The zero-order chi connectivity index (χ0) is 12.4. The summed E-state index contributed by atoms with van der Waals surface area (Å²) in [6.07, 6.45) is 1.58. The van der Waals surface area contributed by atoms with Crippen molar-refractivity contribution in [2.24, 2.45) is 0 Å². The fraction of sp³-hybridized carbons (Fsp3) is 0.333. The van der Waals surface area contributed by atoms with Gasteiger partial charge in [0, 0.05) is 12.1 Å². The van der Waals surface area contributed by atoms with Crippen molar-refractivity contribution in [3.8, 4) is 11.8 Å². The molecule has 1 unspecified atom stereocenters. The first kappa shape index (κ1) is 11.9. The van der Waals surface area contributed by atoms with Crippen LogP contribution in [0.3, 0.4) is 0 Å². The number of aromatic hydroxyl groups is 1. The lowest BCUT2D eigenvalue weighted by atomic mass is 10.1. The molecule has 2 rings (SSSR count). The first-order valence-corrected chi connectivity index (χ1v) is 6.12. The number of benzene rings is 1. The predicted octanol–water partition coefficient (Wildman–Crippen LogP) is 2.28. The first-order valence-electron chi connectivity index (χ1n) is 5.32. The van der Waals surface area contributed by atoms with Gasteiger partial charge in [0.2, 0.25) is 0 Å². The molecule has 0 saturated carbocycles. The second-order valence-electron chi connectivity index (χ2n) is 3.95. The molecule has 1 amide bonds. The molecule has 4 nitrogen and oxygen atoms in total. The molecule has 0 aromatic heterocycles. The van der Waals surface area contributed by atoms with Gasteiger partial charge in [-0.2, -0.15) is 5.26 Å². The number of nitriles is 1. The van der Waals surface area contributed by atoms with Crippen LogP contribution in [0.25, 0.3) is 0 Å². The van der Waals surface area contributed by atoms with Gasteiger partial charge in [0.1, 0.15) is 11.8 Å². The van der Waals surface area contributed by atoms with Gasteiger partial charge in [0.15, 0.2) is 0 Å². The van der Waals surface area contributed by atoms with Gasteiger partial charge < -0.3 is 10.0 Å². The Morgan fingerprint density at radius 2 is 2.35 bits per heavy atom. The van der Waals surface area contributed by atoms with Crippen molar-refractivity contribution in [3.05, 3.63) is 28.2 Å². The number of halogens is 1. The highest BCUT2D eigenvalue weighted by atomic mass is 79.9. The van der Waals surface area contributed by atoms with Crippen molar-refractivity contribution >= 4 is 21.8 Å². The number of hydrogen-bond acceptors (Lipinski definition) is 3. The fourth-order valence-corrected chi connectivity index (χ4v) is 2.20. The summed E-state index contributed by atoms with van der Waals surface area (Å²) in [7, 11) is 0. The maximum Gasteiger partial charge on any atom is 0.255 e. The van der Waals surface area contributed by atoms with Gasteiger partial charge in [0.25, 0.3) is 5.91 Å². The summed E-state index contributed by atoms with van der Waals surface area (Å²) < 4.78 is 0.548. The van der Waals surface area contributed by atoms with E-state index in [0.29, 0.717) is 16.6 Å². The molecule has 1 aromatic carbocycles. The van der Waals surface area contributed by atoms with Crippen LogP contribution in [0.2, 0.25) is 0 Å². The van der Waals surface area contributed by atoms with E-state index in [1.807, 2.05) is 0 Å². The summed E-state index contributed by atoms with van der Waals surface area (Å²) in [5.41, 5.74) is 0.410.